The van der Waals surface area contributed by atoms with Crippen LogP contribution in [0.15, 0.2) is 31.8 Å². The van der Waals surface area contributed by atoms with Gasteiger partial charge in [0, 0.05) is 88.2 Å². The predicted octanol–water partition coefficient (Wildman–Crippen LogP) is 3.41. The fraction of sp³-hybridized carbons (Fsp3) is 0.741. The summed E-state index contributed by atoms with van der Waals surface area (Å²) in [6, 6.07) is 0.685. The van der Waals surface area contributed by atoms with Gasteiger partial charge in [-0.1, -0.05) is 40.5 Å². The van der Waals surface area contributed by atoms with Crippen molar-refractivity contribution in [2.24, 2.45) is 14.1 Å². The van der Waals surface area contributed by atoms with Gasteiger partial charge < -0.3 is 51.2 Å². The molecule has 4 aliphatic rings. The molecule has 8 heterocycles. The first kappa shape index (κ1) is 65.2. The van der Waals surface area contributed by atoms with Gasteiger partial charge in [-0.15, -0.1) is 0 Å². The third-order valence-electron chi connectivity index (χ3n) is 15.1. The number of nitrogens with one attached hydrogen (secondary N) is 6. The predicted molar refractivity (Wildman–Crippen MR) is 315 cm³/mol. The molecule has 0 aliphatic carbocycles. The van der Waals surface area contributed by atoms with E-state index >= 15 is 0 Å². The lowest BCUT2D eigenvalue weighted by Gasteiger charge is -2.16. The quantitative estimate of drug-likeness (QED) is 0.0274. The highest BCUT2D eigenvalue weighted by molar-refractivity contribution is 8.00. The van der Waals surface area contributed by atoms with Gasteiger partial charge in [0.25, 0.3) is 11.1 Å². The summed E-state index contributed by atoms with van der Waals surface area (Å²) in [6.07, 6.45) is 16.0. The SMILES string of the molecule is C.C.C[C@@H](O)CCCCn1c(=O)c2c(ncn2C)n(CCCCCCNC(=O)CCCC[C@@H]2SC[C@@H]3NC(=O)N[C@@H]32)c1=O.C[C@@H](O)CCCCn1c(=O)c2c(ncn2C)n(CCNC(=O)CCCC[C@@H]2SC[C@@H]3NC(=O)N[C@@H]32)c1=O. The van der Waals surface area contributed by atoms with Crippen LogP contribution in [0.1, 0.15) is 144 Å². The van der Waals surface area contributed by atoms with Crippen molar-refractivity contribution in [2.45, 2.75) is 217 Å². The average Bonchev–Trinajstić information content (AvgIpc) is 4.28. The number of fused-ring (bicyclic) bond motifs is 4. The molecule has 0 aromatic carbocycles. The molecule has 26 heteroatoms. The monoisotopic (exact) mass is 1160 g/mol. The van der Waals surface area contributed by atoms with Gasteiger partial charge >= 0.3 is 23.4 Å². The standard InChI is InChI=1S/C28H45N7O5S.C24H37N7O5S.2CH4/c1-19(36)11-7-10-16-35-26(38)24-25(30-18-33(24)2)34(28(35)40)15-9-4-3-8-14-29-22(37)13-6-5-12-21-23-20(17-41-21)31-27(39)32-23;1-15(32)7-5-6-11-31-22(34)20-21(26-14-29(20)2)30(24(31)36)12-10-25-18(33)9-4-3-8-17-19-16(13-37-17)27-23(35)28-19;;/h18-21,23,36H,3-17H2,1-2H3,(H,29,37)(H2,31,32,39);14-17,19,32H,3-13H2,1-2H3,(H,25,33)(H2,27,28,35);2*1H4/t19-,20+,21+,23+;15-,16+,17+,19+;;/m11../s1. The second-order valence-electron chi connectivity index (χ2n) is 21.4. The van der Waals surface area contributed by atoms with Crippen LogP contribution in [0, 0.1) is 0 Å². The van der Waals surface area contributed by atoms with Crippen molar-refractivity contribution in [3.05, 3.63) is 54.3 Å². The van der Waals surface area contributed by atoms with Crippen LogP contribution in [0.5, 0.6) is 0 Å². The first-order valence-electron chi connectivity index (χ1n) is 28.1. The number of carbonyl (C=O) groups is 4. The van der Waals surface area contributed by atoms with Crippen LogP contribution in [0.25, 0.3) is 22.3 Å². The maximum atomic E-state index is 13.2. The number of aromatic nitrogens is 8. The molecule has 8 N–H and O–H groups in total. The molecule has 0 unspecified atom stereocenters. The molecular formula is C54H90N14O10S2. The van der Waals surface area contributed by atoms with Gasteiger partial charge in [0.1, 0.15) is 0 Å². The Morgan fingerprint density at radius 3 is 1.44 bits per heavy atom. The Balaban J connectivity index is 0.000000288. The number of imidazole rings is 2. The highest BCUT2D eigenvalue weighted by Gasteiger charge is 2.43. The fourth-order valence-electron chi connectivity index (χ4n) is 10.9. The number of aryl methyl sites for hydroxylation is 3. The summed E-state index contributed by atoms with van der Waals surface area (Å²) in [6.45, 7) is 5.62. The molecule has 8 rings (SSSR count). The lowest BCUT2D eigenvalue weighted by molar-refractivity contribution is -0.122. The Kier molecular flexibility index (Phi) is 25.7. The lowest BCUT2D eigenvalue weighted by Crippen LogP contribution is -2.42. The maximum absolute atomic E-state index is 13.2. The molecule has 0 saturated carbocycles. The summed E-state index contributed by atoms with van der Waals surface area (Å²) in [5.41, 5.74) is 0.0407. The van der Waals surface area contributed by atoms with Crippen molar-refractivity contribution >= 4 is 69.7 Å². The number of amides is 6. The van der Waals surface area contributed by atoms with Crippen LogP contribution in [0.4, 0.5) is 9.59 Å². The molecule has 4 fully saturated rings. The first-order chi connectivity index (χ1) is 37.5. The zero-order chi connectivity index (χ0) is 55.9. The van der Waals surface area contributed by atoms with E-state index in [4.69, 9.17) is 0 Å². The van der Waals surface area contributed by atoms with Crippen LogP contribution in [0.2, 0.25) is 0 Å². The molecule has 80 heavy (non-hydrogen) atoms. The molecule has 448 valence electrons. The Morgan fingerprint density at radius 1 is 0.562 bits per heavy atom. The van der Waals surface area contributed by atoms with Gasteiger partial charge in [-0.2, -0.15) is 23.5 Å². The van der Waals surface area contributed by atoms with E-state index in [-0.39, 0.29) is 99.3 Å². The van der Waals surface area contributed by atoms with E-state index in [1.807, 2.05) is 23.5 Å². The summed E-state index contributed by atoms with van der Waals surface area (Å²) in [5.74, 6) is 1.88. The first-order valence-corrected chi connectivity index (χ1v) is 30.2. The second kappa shape index (κ2) is 31.6. The van der Waals surface area contributed by atoms with Crippen molar-refractivity contribution in [3.63, 3.8) is 0 Å². The molecule has 0 spiro atoms. The number of urea groups is 2. The van der Waals surface area contributed by atoms with Crippen LogP contribution < -0.4 is 54.4 Å². The molecule has 4 aromatic heterocycles. The van der Waals surface area contributed by atoms with Crippen LogP contribution in [-0.4, -0.2) is 143 Å². The molecule has 4 aliphatic heterocycles. The second-order valence-corrected chi connectivity index (χ2v) is 23.9. The van der Waals surface area contributed by atoms with E-state index in [2.05, 4.69) is 41.9 Å². The maximum Gasteiger partial charge on any atom is 0.332 e. The summed E-state index contributed by atoms with van der Waals surface area (Å²) in [4.78, 5) is 108. The third-order valence-corrected chi connectivity index (χ3v) is 18.1. The molecule has 24 nitrogen and oxygen atoms in total. The number of rotatable bonds is 30. The summed E-state index contributed by atoms with van der Waals surface area (Å²) >= 11 is 3.77. The fourth-order valence-corrected chi connectivity index (χ4v) is 13.9. The number of nitrogens with zero attached hydrogens (tertiary/aromatic N) is 8. The van der Waals surface area contributed by atoms with Gasteiger partial charge in [-0.05, 0) is 90.9 Å². The minimum atomic E-state index is -0.441. The summed E-state index contributed by atoms with van der Waals surface area (Å²) < 4.78 is 8.85. The number of thioether (sulfide) groups is 2. The van der Waals surface area contributed by atoms with E-state index in [0.717, 1.165) is 82.1 Å². The van der Waals surface area contributed by atoms with E-state index in [1.54, 1.807) is 48.0 Å². The third kappa shape index (κ3) is 17.2. The topological polar surface area (TPSA) is 305 Å². The number of unbranched alkanes of at least 4 members (excludes halogenated alkanes) is 7. The normalized spacial score (nSPS) is 20.6. The number of aliphatic hydroxyl groups excluding tert-OH is 2. The van der Waals surface area contributed by atoms with E-state index in [1.165, 1.54) is 20.0 Å². The van der Waals surface area contributed by atoms with Gasteiger partial charge in [0.15, 0.2) is 22.3 Å². The molecule has 0 bridgehead atoms. The van der Waals surface area contributed by atoms with Crippen molar-refractivity contribution in [1.29, 1.82) is 0 Å². The number of aliphatic hydroxyl groups is 2. The zero-order valence-electron chi connectivity index (χ0n) is 45.7. The van der Waals surface area contributed by atoms with Gasteiger partial charge in [0.2, 0.25) is 11.8 Å². The van der Waals surface area contributed by atoms with Crippen molar-refractivity contribution in [1.82, 2.24) is 69.3 Å². The zero-order valence-corrected chi connectivity index (χ0v) is 47.3. The molecule has 0 radical (unpaired) electrons. The van der Waals surface area contributed by atoms with Crippen LogP contribution >= 0.6 is 23.5 Å². The number of hydrogen-bond donors (Lipinski definition) is 8. The van der Waals surface area contributed by atoms with E-state index in [9.17, 15) is 48.6 Å². The van der Waals surface area contributed by atoms with Crippen molar-refractivity contribution in [2.75, 3.05) is 24.6 Å². The highest BCUT2D eigenvalue weighted by atomic mass is 32.2. The van der Waals surface area contributed by atoms with Crippen LogP contribution in [-0.2, 0) is 49.9 Å². The average molecular weight is 1160 g/mol. The number of hydrogen-bond acceptors (Lipinski definition) is 14. The Morgan fingerprint density at radius 2 is 0.975 bits per heavy atom. The Labute approximate surface area is 476 Å². The smallest absolute Gasteiger partial charge is 0.332 e. The van der Waals surface area contributed by atoms with Gasteiger partial charge in [-0.25, -0.2) is 29.1 Å². The molecular weight excluding hydrogens is 1070 g/mol. The summed E-state index contributed by atoms with van der Waals surface area (Å²) in [7, 11) is 3.47. The molecule has 4 saturated heterocycles. The number of carbonyl (C=O) groups excluding carboxylic acids is 4. The van der Waals surface area contributed by atoms with E-state index < -0.39 is 17.9 Å². The molecule has 4 aromatic rings. The molecule has 6 amide bonds. The minimum Gasteiger partial charge on any atom is -0.393 e. The lowest BCUT2D eigenvalue weighted by atomic mass is 10.0. The van der Waals surface area contributed by atoms with Crippen molar-refractivity contribution in [3.8, 4) is 0 Å². The van der Waals surface area contributed by atoms with Gasteiger partial charge in [-0.3, -0.25) is 37.4 Å². The highest BCUT2D eigenvalue weighted by Crippen LogP contribution is 2.34. The Hall–Kier alpha value is -5.60. The minimum absolute atomic E-state index is 0. The molecule has 8 atom stereocenters. The van der Waals surface area contributed by atoms with Crippen molar-refractivity contribution < 1.29 is 29.4 Å². The Bertz CT molecular complexity index is 2930. The summed E-state index contributed by atoms with van der Waals surface area (Å²) in [5, 5.41) is 37.5. The van der Waals surface area contributed by atoms with Gasteiger partial charge in [0.05, 0.1) is 49.0 Å². The van der Waals surface area contributed by atoms with E-state index in [0.29, 0.717) is 97.4 Å². The van der Waals surface area contributed by atoms with Crippen LogP contribution in [0.3, 0.4) is 0 Å². The largest absolute Gasteiger partial charge is 0.393 e.